The van der Waals surface area contributed by atoms with Crippen LogP contribution in [0.1, 0.15) is 32.5 Å². The third-order valence-corrected chi connectivity index (χ3v) is 2.51. The highest BCUT2D eigenvalue weighted by molar-refractivity contribution is 5.56. The second-order valence-electron chi connectivity index (χ2n) is 4.47. The normalized spacial score (nSPS) is 10.7. The lowest BCUT2D eigenvalue weighted by molar-refractivity contribution is 0.243. The average molecular weight is 261 g/mol. The van der Waals surface area contributed by atoms with Gasteiger partial charge in [-0.05, 0) is 26.0 Å². The summed E-state index contributed by atoms with van der Waals surface area (Å²) in [5.74, 6) is 2.13. The van der Waals surface area contributed by atoms with Crippen LogP contribution in [0.5, 0.6) is 5.75 Å². The molecule has 0 unspecified atom stereocenters. The highest BCUT2D eigenvalue weighted by atomic mass is 16.5. The minimum Gasteiger partial charge on any atom is -0.489 e. The molecule has 0 saturated carbocycles. The number of nitrogens with one attached hydrogen (secondary N) is 1. The Labute approximate surface area is 113 Å². The molecular formula is C14H19N3O2. The average Bonchev–Trinajstić information content (AvgIpc) is 2.85. The van der Waals surface area contributed by atoms with Crippen LogP contribution in [0.3, 0.4) is 0 Å². The van der Waals surface area contributed by atoms with Crippen LogP contribution in [0.25, 0.3) is 0 Å². The molecule has 0 spiro atoms. The van der Waals surface area contributed by atoms with Crippen molar-refractivity contribution in [1.29, 1.82) is 0 Å². The van der Waals surface area contributed by atoms with Gasteiger partial charge in [0.25, 0.3) is 0 Å². The second kappa shape index (κ2) is 6.22. The molecule has 19 heavy (non-hydrogen) atoms. The Hall–Kier alpha value is -2.04. The number of hydrogen-bond acceptors (Lipinski definition) is 5. The maximum absolute atomic E-state index is 5.73. The van der Waals surface area contributed by atoms with E-state index < -0.39 is 0 Å². The van der Waals surface area contributed by atoms with Crippen molar-refractivity contribution < 1.29 is 9.26 Å². The molecule has 102 valence electrons. The van der Waals surface area contributed by atoms with Crippen LogP contribution < -0.4 is 10.1 Å². The fourth-order valence-electron chi connectivity index (χ4n) is 1.65. The molecule has 5 heteroatoms. The third-order valence-electron chi connectivity index (χ3n) is 2.51. The molecule has 0 atom stereocenters. The van der Waals surface area contributed by atoms with Crippen molar-refractivity contribution in [3.63, 3.8) is 0 Å². The molecular weight excluding hydrogens is 242 g/mol. The lowest BCUT2D eigenvalue weighted by Gasteiger charge is -2.14. The smallest absolute Gasteiger partial charge is 0.245 e. The largest absolute Gasteiger partial charge is 0.489 e. The van der Waals surface area contributed by atoms with Crippen molar-refractivity contribution in [2.45, 2.75) is 39.8 Å². The van der Waals surface area contributed by atoms with E-state index in [2.05, 4.69) is 15.5 Å². The fraction of sp³-hybridized carbons (Fsp3) is 0.429. The Balaban J connectivity index is 2.02. The van der Waals surface area contributed by atoms with Gasteiger partial charge in [0.05, 0.1) is 18.3 Å². The van der Waals surface area contributed by atoms with Crippen LogP contribution in [0.15, 0.2) is 28.8 Å². The van der Waals surface area contributed by atoms with Gasteiger partial charge >= 0.3 is 0 Å². The standard InChI is InChI=1S/C14H19N3O2/c1-4-13-16-14(19-17-13)9-15-11-7-5-6-8-12(11)18-10(2)3/h5-8,10,15H,4,9H2,1-3H3. The van der Waals surface area contributed by atoms with E-state index in [1.807, 2.05) is 45.0 Å². The van der Waals surface area contributed by atoms with E-state index in [1.54, 1.807) is 0 Å². The highest BCUT2D eigenvalue weighted by Gasteiger charge is 2.07. The minimum atomic E-state index is 0.137. The summed E-state index contributed by atoms with van der Waals surface area (Å²) in [5, 5.41) is 7.11. The predicted octanol–water partition coefficient (Wildman–Crippen LogP) is 3.03. The molecule has 2 rings (SSSR count). The van der Waals surface area contributed by atoms with Crippen LogP contribution in [0.2, 0.25) is 0 Å². The van der Waals surface area contributed by atoms with Crippen molar-refractivity contribution in [2.75, 3.05) is 5.32 Å². The monoisotopic (exact) mass is 261 g/mol. The molecule has 0 radical (unpaired) electrons. The van der Waals surface area contributed by atoms with Gasteiger partial charge in [0, 0.05) is 6.42 Å². The van der Waals surface area contributed by atoms with Crippen LogP contribution >= 0.6 is 0 Å². The van der Waals surface area contributed by atoms with E-state index in [0.717, 1.165) is 23.7 Å². The number of para-hydroxylation sites is 2. The van der Waals surface area contributed by atoms with Crippen molar-refractivity contribution in [2.24, 2.45) is 0 Å². The lowest BCUT2D eigenvalue weighted by Crippen LogP contribution is -2.08. The maximum Gasteiger partial charge on any atom is 0.245 e. The summed E-state index contributed by atoms with van der Waals surface area (Å²) in [7, 11) is 0. The first kappa shape index (κ1) is 13.4. The summed E-state index contributed by atoms with van der Waals surface area (Å²) in [4.78, 5) is 4.25. The fourth-order valence-corrected chi connectivity index (χ4v) is 1.65. The summed E-state index contributed by atoms with van der Waals surface area (Å²) in [6.07, 6.45) is 0.911. The first-order chi connectivity index (χ1) is 9.19. The van der Waals surface area contributed by atoms with Gasteiger partial charge in [0.1, 0.15) is 5.75 Å². The first-order valence-corrected chi connectivity index (χ1v) is 6.50. The lowest BCUT2D eigenvalue weighted by atomic mass is 10.3. The Kier molecular flexibility index (Phi) is 4.39. The van der Waals surface area contributed by atoms with Crippen molar-refractivity contribution in [3.05, 3.63) is 36.0 Å². The number of ether oxygens (including phenoxy) is 1. The predicted molar refractivity (Wildman–Crippen MR) is 73.2 cm³/mol. The Morgan fingerprint density at radius 2 is 2.11 bits per heavy atom. The van der Waals surface area contributed by atoms with Crippen molar-refractivity contribution >= 4 is 5.69 Å². The van der Waals surface area contributed by atoms with E-state index in [-0.39, 0.29) is 6.10 Å². The molecule has 0 aliphatic carbocycles. The van der Waals surface area contributed by atoms with Gasteiger partial charge in [-0.3, -0.25) is 0 Å². The van der Waals surface area contributed by atoms with Crippen LogP contribution in [0, 0.1) is 0 Å². The van der Waals surface area contributed by atoms with E-state index in [0.29, 0.717) is 12.4 Å². The van der Waals surface area contributed by atoms with Gasteiger partial charge in [-0.2, -0.15) is 4.98 Å². The van der Waals surface area contributed by atoms with Crippen molar-refractivity contribution in [3.8, 4) is 5.75 Å². The number of hydrogen-bond donors (Lipinski definition) is 1. The molecule has 0 aliphatic rings. The number of nitrogens with zero attached hydrogens (tertiary/aromatic N) is 2. The summed E-state index contributed by atoms with van der Waals surface area (Å²) in [5.41, 5.74) is 0.924. The molecule has 1 heterocycles. The highest BCUT2D eigenvalue weighted by Crippen LogP contribution is 2.25. The summed E-state index contributed by atoms with van der Waals surface area (Å²) in [6.45, 7) is 6.49. The Morgan fingerprint density at radius 1 is 1.32 bits per heavy atom. The molecule has 2 aromatic rings. The zero-order valence-corrected chi connectivity index (χ0v) is 11.5. The van der Waals surface area contributed by atoms with Gasteiger partial charge in [0.15, 0.2) is 5.82 Å². The Bertz CT molecular complexity index is 523. The summed E-state index contributed by atoms with van der Waals surface area (Å²) < 4.78 is 10.9. The molecule has 1 aromatic heterocycles. The van der Waals surface area contributed by atoms with E-state index in [9.17, 15) is 0 Å². The molecule has 1 aromatic carbocycles. The number of aromatic nitrogens is 2. The molecule has 0 bridgehead atoms. The first-order valence-electron chi connectivity index (χ1n) is 6.50. The molecule has 5 nitrogen and oxygen atoms in total. The number of aryl methyl sites for hydroxylation is 1. The minimum absolute atomic E-state index is 0.137. The second-order valence-corrected chi connectivity index (χ2v) is 4.47. The molecule has 0 fully saturated rings. The number of rotatable bonds is 6. The van der Waals surface area contributed by atoms with Crippen LogP contribution in [0.4, 0.5) is 5.69 Å². The zero-order chi connectivity index (χ0) is 13.7. The molecule has 0 aliphatic heterocycles. The van der Waals surface area contributed by atoms with Gasteiger partial charge in [-0.15, -0.1) is 0 Å². The third kappa shape index (κ3) is 3.71. The van der Waals surface area contributed by atoms with Crippen LogP contribution in [-0.2, 0) is 13.0 Å². The molecule has 0 saturated heterocycles. The molecule has 0 amide bonds. The quantitative estimate of drug-likeness (QED) is 0.866. The summed E-state index contributed by atoms with van der Waals surface area (Å²) in [6, 6.07) is 7.81. The van der Waals surface area contributed by atoms with E-state index in [4.69, 9.17) is 9.26 Å². The van der Waals surface area contributed by atoms with Gasteiger partial charge < -0.3 is 14.6 Å². The van der Waals surface area contributed by atoms with Crippen molar-refractivity contribution in [1.82, 2.24) is 10.1 Å². The SMILES string of the molecule is CCc1noc(CNc2ccccc2OC(C)C)n1. The van der Waals surface area contributed by atoms with Gasteiger partial charge in [0.2, 0.25) is 5.89 Å². The van der Waals surface area contributed by atoms with Gasteiger partial charge in [-0.1, -0.05) is 24.2 Å². The zero-order valence-electron chi connectivity index (χ0n) is 11.5. The van der Waals surface area contributed by atoms with Crippen LogP contribution in [-0.4, -0.2) is 16.2 Å². The summed E-state index contributed by atoms with van der Waals surface area (Å²) >= 11 is 0. The Morgan fingerprint density at radius 3 is 2.79 bits per heavy atom. The molecule has 1 N–H and O–H groups in total. The number of benzene rings is 1. The topological polar surface area (TPSA) is 60.2 Å². The van der Waals surface area contributed by atoms with Gasteiger partial charge in [-0.25, -0.2) is 0 Å². The maximum atomic E-state index is 5.73. The van der Waals surface area contributed by atoms with E-state index >= 15 is 0 Å². The van der Waals surface area contributed by atoms with E-state index in [1.165, 1.54) is 0 Å². The number of anilines is 1.